The Bertz CT molecular complexity index is 119. The molecule has 0 aliphatic heterocycles. The van der Waals surface area contributed by atoms with Gasteiger partial charge in [0.1, 0.15) is 5.60 Å². The summed E-state index contributed by atoms with van der Waals surface area (Å²) in [6.07, 6.45) is 1.38. The second kappa shape index (κ2) is 3.71. The fourth-order valence-corrected chi connectivity index (χ4v) is 0.591. The summed E-state index contributed by atoms with van der Waals surface area (Å²) in [6, 6.07) is 0. The minimum absolute atomic E-state index is 0.389. The van der Waals surface area contributed by atoms with E-state index in [1.807, 2.05) is 20.8 Å². The molecule has 0 fully saturated rings. The van der Waals surface area contributed by atoms with Gasteiger partial charge in [-0.05, 0) is 20.8 Å². The Balaban J connectivity index is 3.58. The number of rotatable bonds is 1. The molecule has 0 heterocycles. The van der Waals surface area contributed by atoms with E-state index in [1.165, 1.54) is 11.9 Å². The predicted molar refractivity (Wildman–Crippen MR) is 42.9 cm³/mol. The first kappa shape index (κ1) is 9.62. The molecule has 4 heteroatoms. The van der Waals surface area contributed by atoms with Crippen LogP contribution in [0.15, 0.2) is 0 Å². The lowest BCUT2D eigenvalue weighted by Gasteiger charge is -2.18. The fraction of sp³-hybridized carbons (Fsp3) is 0.833. The average Bonchev–Trinajstić information content (AvgIpc) is 1.59. The molecule has 0 unspecified atom stereocenters. The topological polar surface area (TPSA) is 38.3 Å². The maximum absolute atomic E-state index is 10.7. The molecule has 0 bridgehead atoms. The second-order valence-electron chi connectivity index (χ2n) is 2.81. The van der Waals surface area contributed by atoms with E-state index in [2.05, 4.69) is 4.72 Å². The van der Waals surface area contributed by atoms with Crippen LogP contribution in [0.5, 0.6) is 0 Å². The SMILES string of the molecule is CSNC(=O)OC(C)(C)C. The zero-order chi connectivity index (χ0) is 8.20. The molecule has 60 valence electrons. The summed E-state index contributed by atoms with van der Waals surface area (Å²) in [6.45, 7) is 5.48. The Kier molecular flexibility index (Phi) is 3.57. The number of nitrogens with one attached hydrogen (secondary N) is 1. The van der Waals surface area contributed by atoms with Gasteiger partial charge in [0.15, 0.2) is 0 Å². The number of ether oxygens (including phenoxy) is 1. The standard InChI is InChI=1S/C6H13NO2S/c1-6(2,3)9-5(8)7-10-4/h1-4H3,(H,7,8). The van der Waals surface area contributed by atoms with Crippen LogP contribution in [0.25, 0.3) is 0 Å². The first-order valence-corrected chi connectivity index (χ1v) is 4.20. The van der Waals surface area contributed by atoms with Gasteiger partial charge in [-0.3, -0.25) is 4.72 Å². The van der Waals surface area contributed by atoms with Gasteiger partial charge >= 0.3 is 6.09 Å². The van der Waals surface area contributed by atoms with E-state index in [9.17, 15) is 4.79 Å². The van der Waals surface area contributed by atoms with Crippen LogP contribution in [0.4, 0.5) is 4.79 Å². The van der Waals surface area contributed by atoms with Crippen molar-refractivity contribution in [2.45, 2.75) is 26.4 Å². The van der Waals surface area contributed by atoms with Crippen LogP contribution in [-0.2, 0) is 4.74 Å². The highest BCUT2D eigenvalue weighted by atomic mass is 32.2. The lowest BCUT2D eigenvalue weighted by molar-refractivity contribution is 0.0575. The van der Waals surface area contributed by atoms with Crippen molar-refractivity contribution in [3.05, 3.63) is 0 Å². The molecule has 0 saturated carbocycles. The van der Waals surface area contributed by atoms with Crippen molar-refractivity contribution in [2.75, 3.05) is 6.26 Å². The molecule has 0 saturated heterocycles. The van der Waals surface area contributed by atoms with Crippen LogP contribution >= 0.6 is 11.9 Å². The summed E-state index contributed by atoms with van der Waals surface area (Å²) >= 11 is 1.23. The molecule has 0 aromatic heterocycles. The molecule has 3 nitrogen and oxygen atoms in total. The molecule has 0 spiro atoms. The largest absolute Gasteiger partial charge is 0.443 e. The van der Waals surface area contributed by atoms with E-state index in [4.69, 9.17) is 4.74 Å². The molecular formula is C6H13NO2S. The third-order valence-electron chi connectivity index (χ3n) is 0.584. The second-order valence-corrected chi connectivity index (χ2v) is 3.42. The van der Waals surface area contributed by atoms with Crippen LogP contribution in [0.1, 0.15) is 20.8 Å². The Morgan fingerprint density at radius 3 is 2.30 bits per heavy atom. The van der Waals surface area contributed by atoms with Crippen molar-refractivity contribution in [2.24, 2.45) is 0 Å². The quantitative estimate of drug-likeness (QED) is 0.599. The van der Waals surface area contributed by atoms with E-state index < -0.39 is 5.60 Å². The highest BCUT2D eigenvalue weighted by Gasteiger charge is 2.14. The van der Waals surface area contributed by atoms with Gasteiger partial charge in [-0.1, -0.05) is 11.9 Å². The predicted octanol–water partition coefficient (Wildman–Crippen LogP) is 1.79. The van der Waals surface area contributed by atoms with Crippen LogP contribution in [0.2, 0.25) is 0 Å². The molecule has 0 atom stereocenters. The van der Waals surface area contributed by atoms with Crippen molar-refractivity contribution in [1.82, 2.24) is 4.72 Å². The van der Waals surface area contributed by atoms with Crippen LogP contribution in [0.3, 0.4) is 0 Å². The third-order valence-corrected chi connectivity index (χ3v) is 0.955. The van der Waals surface area contributed by atoms with E-state index in [0.29, 0.717) is 0 Å². The lowest BCUT2D eigenvalue weighted by Crippen LogP contribution is -2.28. The first-order chi connectivity index (χ1) is 4.45. The van der Waals surface area contributed by atoms with Crippen LogP contribution in [-0.4, -0.2) is 18.0 Å². The van der Waals surface area contributed by atoms with Gasteiger partial charge in [0.05, 0.1) is 0 Å². The number of amides is 1. The molecule has 0 aliphatic rings. The van der Waals surface area contributed by atoms with Crippen molar-refractivity contribution >= 4 is 18.0 Å². The third kappa shape index (κ3) is 5.75. The maximum Gasteiger partial charge on any atom is 0.417 e. The molecule has 10 heavy (non-hydrogen) atoms. The lowest BCUT2D eigenvalue weighted by atomic mass is 10.2. The van der Waals surface area contributed by atoms with Gasteiger partial charge in [-0.25, -0.2) is 4.79 Å². The number of carbonyl (C=O) groups excluding carboxylic acids is 1. The van der Waals surface area contributed by atoms with Crippen molar-refractivity contribution in [3.63, 3.8) is 0 Å². The zero-order valence-corrected chi connectivity index (χ0v) is 7.54. The van der Waals surface area contributed by atoms with E-state index >= 15 is 0 Å². The van der Waals surface area contributed by atoms with Gasteiger partial charge < -0.3 is 4.74 Å². The minimum Gasteiger partial charge on any atom is -0.443 e. The summed E-state index contributed by atoms with van der Waals surface area (Å²) in [7, 11) is 0. The average molecular weight is 163 g/mol. The molecule has 0 aliphatic carbocycles. The maximum atomic E-state index is 10.7. The highest BCUT2D eigenvalue weighted by Crippen LogP contribution is 2.06. The van der Waals surface area contributed by atoms with E-state index in [0.717, 1.165) is 0 Å². The van der Waals surface area contributed by atoms with Crippen molar-refractivity contribution < 1.29 is 9.53 Å². The van der Waals surface area contributed by atoms with Gasteiger partial charge in [0.2, 0.25) is 0 Å². The molecule has 0 aromatic rings. The summed E-state index contributed by atoms with van der Waals surface area (Å²) < 4.78 is 7.36. The van der Waals surface area contributed by atoms with Gasteiger partial charge in [0.25, 0.3) is 0 Å². The Morgan fingerprint density at radius 2 is 2.00 bits per heavy atom. The number of carbonyl (C=O) groups is 1. The van der Waals surface area contributed by atoms with Crippen LogP contribution in [0, 0.1) is 0 Å². The summed E-state index contributed by atoms with van der Waals surface area (Å²) in [4.78, 5) is 10.7. The van der Waals surface area contributed by atoms with Gasteiger partial charge in [-0.15, -0.1) is 0 Å². The number of hydrogen-bond donors (Lipinski definition) is 1. The van der Waals surface area contributed by atoms with E-state index in [1.54, 1.807) is 6.26 Å². The zero-order valence-electron chi connectivity index (χ0n) is 6.72. The normalized spacial score (nSPS) is 10.8. The number of hydrogen-bond acceptors (Lipinski definition) is 3. The van der Waals surface area contributed by atoms with Crippen molar-refractivity contribution in [1.29, 1.82) is 0 Å². The van der Waals surface area contributed by atoms with Gasteiger partial charge in [0, 0.05) is 6.26 Å². The summed E-state index contributed by atoms with van der Waals surface area (Å²) in [5, 5.41) is 0. The monoisotopic (exact) mass is 163 g/mol. The first-order valence-electron chi connectivity index (χ1n) is 2.97. The summed E-state index contributed by atoms with van der Waals surface area (Å²) in [5.74, 6) is 0. The molecule has 1 N–H and O–H groups in total. The Hall–Kier alpha value is -0.380. The van der Waals surface area contributed by atoms with E-state index in [-0.39, 0.29) is 6.09 Å². The molecule has 0 radical (unpaired) electrons. The fourth-order valence-electron chi connectivity index (χ4n) is 0.382. The van der Waals surface area contributed by atoms with Crippen LogP contribution < -0.4 is 4.72 Å². The molecule has 0 rings (SSSR count). The van der Waals surface area contributed by atoms with Gasteiger partial charge in [-0.2, -0.15) is 0 Å². The minimum atomic E-state index is -0.403. The summed E-state index contributed by atoms with van der Waals surface area (Å²) in [5.41, 5.74) is -0.403. The Morgan fingerprint density at radius 1 is 1.50 bits per heavy atom. The smallest absolute Gasteiger partial charge is 0.417 e. The molecule has 1 amide bonds. The van der Waals surface area contributed by atoms with Crippen molar-refractivity contribution in [3.8, 4) is 0 Å². The molecule has 0 aromatic carbocycles. The molecular weight excluding hydrogens is 150 g/mol. The highest BCUT2D eigenvalue weighted by molar-refractivity contribution is 7.97. The Labute approximate surface area is 65.6 Å².